The van der Waals surface area contributed by atoms with Gasteiger partial charge < -0.3 is 10.1 Å². The lowest BCUT2D eigenvalue weighted by atomic mass is 9.73. The van der Waals surface area contributed by atoms with Gasteiger partial charge in [0.15, 0.2) is 0 Å². The summed E-state index contributed by atoms with van der Waals surface area (Å²) in [6.07, 6.45) is 3.35. The first-order valence-corrected chi connectivity index (χ1v) is 9.36. The standard InChI is InChI=1S/C18H20BrFN2O4/c1-11-4-2-3-7-18(11)16(24)22(17(25)21-18)9-15(23)26-10-12-5-6-13(20)8-14(12)19/h5-6,8,11H,2-4,7,9-10H2,1H3,(H,21,25). The van der Waals surface area contributed by atoms with Crippen molar-refractivity contribution in [1.29, 1.82) is 0 Å². The molecule has 1 aromatic rings. The molecule has 2 atom stereocenters. The Morgan fingerprint density at radius 2 is 2.19 bits per heavy atom. The average Bonchev–Trinajstić information content (AvgIpc) is 2.82. The van der Waals surface area contributed by atoms with Crippen molar-refractivity contribution in [2.45, 2.75) is 44.8 Å². The molecule has 0 aromatic heterocycles. The zero-order valence-electron chi connectivity index (χ0n) is 14.4. The van der Waals surface area contributed by atoms with Crippen molar-refractivity contribution >= 4 is 33.8 Å². The molecular weight excluding hydrogens is 407 g/mol. The molecule has 2 unspecified atom stereocenters. The molecule has 0 bridgehead atoms. The summed E-state index contributed by atoms with van der Waals surface area (Å²) >= 11 is 3.20. The van der Waals surface area contributed by atoms with E-state index < -0.39 is 29.9 Å². The van der Waals surface area contributed by atoms with Crippen molar-refractivity contribution < 1.29 is 23.5 Å². The molecule has 0 radical (unpaired) electrons. The van der Waals surface area contributed by atoms with Crippen LogP contribution in [0, 0.1) is 11.7 Å². The fraction of sp³-hybridized carbons (Fsp3) is 0.500. The van der Waals surface area contributed by atoms with Crippen LogP contribution in [0.25, 0.3) is 0 Å². The molecule has 26 heavy (non-hydrogen) atoms. The van der Waals surface area contributed by atoms with Crippen molar-refractivity contribution in [2.75, 3.05) is 6.54 Å². The number of imide groups is 1. The van der Waals surface area contributed by atoms with E-state index in [1.54, 1.807) is 0 Å². The number of hydrogen-bond acceptors (Lipinski definition) is 4. The zero-order valence-corrected chi connectivity index (χ0v) is 16.0. The number of rotatable bonds is 4. The Morgan fingerprint density at radius 1 is 1.42 bits per heavy atom. The van der Waals surface area contributed by atoms with Crippen LogP contribution in [0.5, 0.6) is 0 Å². The monoisotopic (exact) mass is 426 g/mol. The summed E-state index contributed by atoms with van der Waals surface area (Å²) in [5.74, 6) is -1.41. The number of nitrogens with one attached hydrogen (secondary N) is 1. The molecule has 1 spiro atoms. The summed E-state index contributed by atoms with van der Waals surface area (Å²) in [5.41, 5.74) is -0.301. The summed E-state index contributed by atoms with van der Waals surface area (Å²) in [6, 6.07) is 3.48. The minimum atomic E-state index is -0.893. The fourth-order valence-electron chi connectivity index (χ4n) is 3.61. The Morgan fingerprint density at radius 3 is 2.88 bits per heavy atom. The summed E-state index contributed by atoms with van der Waals surface area (Å²) in [5, 5.41) is 2.79. The van der Waals surface area contributed by atoms with Crippen LogP contribution in [0.15, 0.2) is 22.7 Å². The second-order valence-electron chi connectivity index (χ2n) is 6.84. The van der Waals surface area contributed by atoms with Crippen LogP contribution in [-0.4, -0.2) is 34.9 Å². The van der Waals surface area contributed by atoms with Crippen molar-refractivity contribution in [3.8, 4) is 0 Å². The molecule has 3 rings (SSSR count). The van der Waals surface area contributed by atoms with Gasteiger partial charge in [-0.05, 0) is 30.9 Å². The molecule has 140 valence electrons. The molecule has 6 nitrogen and oxygen atoms in total. The van der Waals surface area contributed by atoms with Crippen LogP contribution in [0.2, 0.25) is 0 Å². The highest BCUT2D eigenvalue weighted by Crippen LogP contribution is 2.38. The summed E-state index contributed by atoms with van der Waals surface area (Å²) < 4.78 is 18.7. The van der Waals surface area contributed by atoms with E-state index in [0.717, 1.165) is 24.2 Å². The number of carbonyl (C=O) groups excluding carboxylic acids is 3. The lowest BCUT2D eigenvalue weighted by molar-refractivity contribution is -0.149. The number of nitrogens with zero attached hydrogens (tertiary/aromatic N) is 1. The minimum Gasteiger partial charge on any atom is -0.459 e. The van der Waals surface area contributed by atoms with Gasteiger partial charge in [-0.1, -0.05) is 41.8 Å². The number of halogens is 2. The summed E-state index contributed by atoms with van der Waals surface area (Å²) in [6.45, 7) is 1.44. The molecule has 2 aliphatic rings. The topological polar surface area (TPSA) is 75.7 Å². The molecule has 8 heteroatoms. The maximum atomic E-state index is 13.1. The number of urea groups is 1. The lowest BCUT2D eigenvalue weighted by Crippen LogP contribution is -2.54. The van der Waals surface area contributed by atoms with Crippen LogP contribution in [0.1, 0.15) is 38.2 Å². The first-order chi connectivity index (χ1) is 12.3. The normalized spacial score (nSPS) is 25.5. The second-order valence-corrected chi connectivity index (χ2v) is 7.69. The van der Waals surface area contributed by atoms with Crippen LogP contribution in [0.3, 0.4) is 0 Å². The Hall–Kier alpha value is -1.96. The summed E-state index contributed by atoms with van der Waals surface area (Å²) in [7, 11) is 0. The number of hydrogen-bond donors (Lipinski definition) is 1. The zero-order chi connectivity index (χ0) is 18.9. The third-order valence-electron chi connectivity index (χ3n) is 5.19. The molecule has 1 aliphatic heterocycles. The van der Waals surface area contributed by atoms with Gasteiger partial charge >= 0.3 is 12.0 Å². The smallest absolute Gasteiger partial charge is 0.326 e. The van der Waals surface area contributed by atoms with Gasteiger partial charge in [0.25, 0.3) is 5.91 Å². The van der Waals surface area contributed by atoms with E-state index >= 15 is 0 Å². The van der Waals surface area contributed by atoms with E-state index in [-0.39, 0.29) is 18.4 Å². The molecule has 1 saturated carbocycles. The SMILES string of the molecule is CC1CCCCC12NC(=O)N(CC(=O)OCc1ccc(F)cc1Br)C2=O. The fourth-order valence-corrected chi connectivity index (χ4v) is 4.08. The van der Waals surface area contributed by atoms with Crippen LogP contribution < -0.4 is 5.32 Å². The predicted molar refractivity (Wildman–Crippen MR) is 94.5 cm³/mol. The molecule has 1 heterocycles. The number of amides is 3. The third kappa shape index (κ3) is 3.47. The van der Waals surface area contributed by atoms with E-state index in [1.165, 1.54) is 18.2 Å². The van der Waals surface area contributed by atoms with E-state index in [1.807, 2.05) is 6.92 Å². The van der Waals surface area contributed by atoms with Gasteiger partial charge in [0.1, 0.15) is 24.5 Å². The van der Waals surface area contributed by atoms with Gasteiger partial charge in [0, 0.05) is 10.0 Å². The first kappa shape index (κ1) is 18.8. The Kier molecular flexibility index (Phi) is 5.32. The molecule has 1 N–H and O–H groups in total. The summed E-state index contributed by atoms with van der Waals surface area (Å²) in [4.78, 5) is 38.1. The van der Waals surface area contributed by atoms with E-state index in [0.29, 0.717) is 16.5 Å². The molecule has 1 aromatic carbocycles. The van der Waals surface area contributed by atoms with E-state index in [2.05, 4.69) is 21.2 Å². The van der Waals surface area contributed by atoms with Crippen molar-refractivity contribution in [3.05, 3.63) is 34.1 Å². The van der Waals surface area contributed by atoms with Gasteiger partial charge in [-0.2, -0.15) is 0 Å². The molecule has 1 aliphatic carbocycles. The largest absolute Gasteiger partial charge is 0.459 e. The maximum absolute atomic E-state index is 13.1. The highest BCUT2D eigenvalue weighted by molar-refractivity contribution is 9.10. The first-order valence-electron chi connectivity index (χ1n) is 8.57. The van der Waals surface area contributed by atoms with Crippen LogP contribution >= 0.6 is 15.9 Å². The van der Waals surface area contributed by atoms with Crippen molar-refractivity contribution in [1.82, 2.24) is 10.2 Å². The Balaban J connectivity index is 1.62. The quantitative estimate of drug-likeness (QED) is 0.592. The molecule has 1 saturated heterocycles. The van der Waals surface area contributed by atoms with Crippen molar-refractivity contribution in [3.63, 3.8) is 0 Å². The highest BCUT2D eigenvalue weighted by atomic mass is 79.9. The third-order valence-corrected chi connectivity index (χ3v) is 5.93. The van der Waals surface area contributed by atoms with Gasteiger partial charge in [-0.15, -0.1) is 0 Å². The van der Waals surface area contributed by atoms with Gasteiger partial charge in [-0.25, -0.2) is 9.18 Å². The Bertz CT molecular complexity index is 757. The highest BCUT2D eigenvalue weighted by Gasteiger charge is 2.55. The van der Waals surface area contributed by atoms with E-state index in [4.69, 9.17) is 4.74 Å². The van der Waals surface area contributed by atoms with Crippen molar-refractivity contribution in [2.24, 2.45) is 5.92 Å². The van der Waals surface area contributed by atoms with Gasteiger partial charge in [0.05, 0.1) is 0 Å². The van der Waals surface area contributed by atoms with Crippen LogP contribution in [0.4, 0.5) is 9.18 Å². The van der Waals surface area contributed by atoms with Gasteiger partial charge in [-0.3, -0.25) is 14.5 Å². The predicted octanol–water partition coefficient (Wildman–Crippen LogP) is 3.13. The second kappa shape index (κ2) is 7.34. The molecule has 3 amide bonds. The molecular formula is C18H20BrFN2O4. The van der Waals surface area contributed by atoms with Gasteiger partial charge in [0.2, 0.25) is 0 Å². The number of esters is 1. The number of benzene rings is 1. The number of ether oxygens (including phenoxy) is 1. The lowest BCUT2D eigenvalue weighted by Gasteiger charge is -2.36. The molecule has 2 fully saturated rings. The Labute approximate surface area is 159 Å². The number of carbonyl (C=O) groups is 3. The minimum absolute atomic E-state index is 0.0314. The van der Waals surface area contributed by atoms with E-state index in [9.17, 15) is 18.8 Å². The maximum Gasteiger partial charge on any atom is 0.326 e. The average molecular weight is 427 g/mol. The van der Waals surface area contributed by atoms with Crippen LogP contribution in [-0.2, 0) is 20.9 Å².